The summed E-state index contributed by atoms with van der Waals surface area (Å²) in [6, 6.07) is -2.34. The molecule has 0 bridgehead atoms. The lowest BCUT2D eigenvalue weighted by molar-refractivity contribution is -0.889. The molecule has 2 unspecified atom stereocenters. The second-order valence-electron chi connectivity index (χ2n) is 11.3. The zero-order valence-electron chi connectivity index (χ0n) is 27.9. The number of carboxylic acid groups (broad SMARTS) is 1. The number of fused-ring (bicyclic) bond motifs is 1. The Morgan fingerprint density at radius 3 is 2.21 bits per heavy atom. The van der Waals surface area contributed by atoms with Gasteiger partial charge in [0.2, 0.25) is 17.8 Å². The highest BCUT2D eigenvalue weighted by atomic mass is 79.9. The summed E-state index contributed by atoms with van der Waals surface area (Å²) in [7, 11) is 0. The minimum atomic E-state index is -1.97. The molecule has 0 aliphatic carbocycles. The number of amides is 7. The number of hydrogen-bond donors (Lipinski definition) is 4. The molecule has 52 heavy (non-hydrogen) atoms. The average molecular weight is 813 g/mol. The molecular formula is C30H32BrN6O14S+. The van der Waals surface area contributed by atoms with Crippen molar-refractivity contribution >= 4 is 87.6 Å². The number of carboxylic acids is 1. The summed E-state index contributed by atoms with van der Waals surface area (Å²) in [5.74, 6) is -9.42. The van der Waals surface area contributed by atoms with E-state index in [1.807, 2.05) is 0 Å². The van der Waals surface area contributed by atoms with Crippen LogP contribution >= 0.6 is 27.7 Å². The summed E-state index contributed by atoms with van der Waals surface area (Å²) in [5, 5.41) is 13.8. The molecule has 3 aliphatic rings. The minimum absolute atomic E-state index is 0.0286. The highest BCUT2D eigenvalue weighted by Gasteiger charge is 2.72. The fourth-order valence-corrected chi connectivity index (χ4v) is 7.71. The van der Waals surface area contributed by atoms with Crippen molar-refractivity contribution in [3.05, 3.63) is 33.4 Å². The van der Waals surface area contributed by atoms with E-state index in [1.165, 1.54) is 4.90 Å². The molecule has 2 saturated heterocycles. The number of likely N-dealkylation sites (N-methyl/N-ethyl adjacent to an activating group) is 1. The number of rotatable bonds is 12. The van der Waals surface area contributed by atoms with Crippen LogP contribution in [0.15, 0.2) is 27.9 Å². The van der Waals surface area contributed by atoms with Gasteiger partial charge >= 0.3 is 47.6 Å². The van der Waals surface area contributed by atoms with Crippen molar-refractivity contribution in [3.63, 3.8) is 0 Å². The number of esters is 3. The van der Waals surface area contributed by atoms with Gasteiger partial charge in [-0.25, -0.2) is 14.4 Å². The Morgan fingerprint density at radius 2 is 1.65 bits per heavy atom. The minimum Gasteiger partial charge on any atom is -0.474 e. The second kappa shape index (κ2) is 15.9. The number of β-lactam (4-membered cyclic amide) rings is 1. The largest absolute Gasteiger partial charge is 0.474 e. The zero-order chi connectivity index (χ0) is 38.7. The van der Waals surface area contributed by atoms with Crippen molar-refractivity contribution < 1.29 is 71.9 Å². The van der Waals surface area contributed by atoms with Gasteiger partial charge in [-0.05, 0) is 19.1 Å². The van der Waals surface area contributed by atoms with E-state index in [-0.39, 0.29) is 53.2 Å². The molecule has 0 aromatic heterocycles. The van der Waals surface area contributed by atoms with Crippen LogP contribution < -0.4 is 25.5 Å². The third-order valence-corrected chi connectivity index (χ3v) is 10.1. The predicted octanol–water partition coefficient (Wildman–Crippen LogP) is -0.781. The van der Waals surface area contributed by atoms with Crippen LogP contribution in [-0.4, -0.2) is 123 Å². The normalized spacial score (nSPS) is 21.6. The van der Waals surface area contributed by atoms with E-state index in [9.17, 15) is 53.1 Å². The summed E-state index contributed by atoms with van der Waals surface area (Å²) in [6.45, 7) is 4.10. The van der Waals surface area contributed by atoms with Gasteiger partial charge in [0.05, 0.1) is 0 Å². The van der Waals surface area contributed by atoms with Gasteiger partial charge in [0.15, 0.2) is 11.5 Å². The Labute approximate surface area is 306 Å². The number of hydrogen-bond acceptors (Lipinski definition) is 14. The first kappa shape index (κ1) is 39.4. The van der Waals surface area contributed by atoms with Crippen molar-refractivity contribution in [3.8, 4) is 11.5 Å². The number of piperazine rings is 1. The van der Waals surface area contributed by atoms with Crippen LogP contribution in [0.3, 0.4) is 0 Å². The molecular weight excluding hydrogens is 780 g/mol. The standard InChI is InChI=1S/C30H31BrN6O14S/c1-5-35-6-7-36(26(44)25(35)43)30(48)33-21(17-8-19(50-14(3)40)20(9-18(17)31)51-15(4)41)24(42)34-37-23(29(46)47)16(10-49-13(2)39)11-52-28(37)22(27(37)45)32-12-38/h8-9,12,21-22,28H,5-7,10-11H2,1-4H3,(H3-,32,33,34,38,42,46,47,48)/p+1/t21?,22-,28-,37?/m1/s1. The number of carbonyl (C=O) groups excluding carboxylic acids is 9. The van der Waals surface area contributed by atoms with E-state index in [1.54, 1.807) is 6.92 Å². The van der Waals surface area contributed by atoms with Crippen LogP contribution in [0.5, 0.6) is 11.5 Å². The number of nitrogens with zero attached hydrogens (tertiary/aromatic N) is 3. The molecule has 0 saturated carbocycles. The molecule has 2 fully saturated rings. The molecule has 1 aromatic carbocycles. The topological polar surface area (TPSA) is 261 Å². The number of aliphatic carboxylic acids is 1. The van der Waals surface area contributed by atoms with Crippen molar-refractivity contribution in [1.29, 1.82) is 0 Å². The number of halogens is 1. The number of carbonyl (C=O) groups is 10. The molecule has 3 aliphatic heterocycles. The molecule has 3 heterocycles. The predicted molar refractivity (Wildman–Crippen MR) is 176 cm³/mol. The Hall–Kier alpha value is -5.35. The SMILES string of the molecule is CCN1CCN(C(=O)NC(C(=O)N[N+]23C(=O)[C@@H](NC=O)[C@H]2SCC(COC(C)=O)=C3C(=O)O)c2cc(OC(C)=O)c(OC(C)=O)cc2Br)C(=O)C1=O. The average Bonchev–Trinajstić information content (AvgIpc) is 3.06. The molecule has 22 heteroatoms. The molecule has 20 nitrogen and oxygen atoms in total. The Kier molecular flexibility index (Phi) is 12.1. The van der Waals surface area contributed by atoms with Gasteiger partial charge < -0.3 is 34.9 Å². The summed E-state index contributed by atoms with van der Waals surface area (Å²) in [6.07, 6.45) is 0.218. The van der Waals surface area contributed by atoms with Crippen molar-refractivity contribution in [2.24, 2.45) is 0 Å². The molecule has 1 aromatic rings. The monoisotopic (exact) mass is 811 g/mol. The number of imide groups is 1. The van der Waals surface area contributed by atoms with Crippen molar-refractivity contribution in [2.45, 2.75) is 45.2 Å². The van der Waals surface area contributed by atoms with Crippen LogP contribution in [0.1, 0.15) is 39.3 Å². The smallest absolute Gasteiger partial charge is 0.393 e. The van der Waals surface area contributed by atoms with Crippen LogP contribution in [0.25, 0.3) is 0 Å². The van der Waals surface area contributed by atoms with Crippen LogP contribution in [0.2, 0.25) is 0 Å². The molecule has 0 radical (unpaired) electrons. The van der Waals surface area contributed by atoms with E-state index in [0.717, 1.165) is 44.7 Å². The first-order valence-electron chi connectivity index (χ1n) is 15.3. The number of urea groups is 1. The summed E-state index contributed by atoms with van der Waals surface area (Å²) in [4.78, 5) is 129. The summed E-state index contributed by atoms with van der Waals surface area (Å²) in [5.41, 5.74) is 1.40. The highest BCUT2D eigenvalue weighted by molar-refractivity contribution is 9.10. The van der Waals surface area contributed by atoms with Crippen LogP contribution in [-0.2, 0) is 47.9 Å². The molecule has 7 amide bonds. The first-order valence-corrected chi connectivity index (χ1v) is 17.1. The van der Waals surface area contributed by atoms with Crippen LogP contribution in [0.4, 0.5) is 4.79 Å². The van der Waals surface area contributed by atoms with Gasteiger partial charge in [-0.2, -0.15) is 5.43 Å². The van der Waals surface area contributed by atoms with E-state index in [0.29, 0.717) is 4.90 Å². The molecule has 278 valence electrons. The van der Waals surface area contributed by atoms with E-state index in [2.05, 4.69) is 32.0 Å². The number of benzene rings is 1. The number of nitrogens with one attached hydrogen (secondary N) is 3. The number of ether oxygens (including phenoxy) is 3. The summed E-state index contributed by atoms with van der Waals surface area (Å²) < 4.78 is 13.9. The lowest BCUT2D eigenvalue weighted by Crippen LogP contribution is -2.86. The molecule has 4 N–H and O–H groups in total. The number of quaternary nitrogens is 1. The zero-order valence-corrected chi connectivity index (χ0v) is 30.3. The molecule has 0 spiro atoms. The quantitative estimate of drug-likeness (QED) is 0.0504. The van der Waals surface area contributed by atoms with Crippen molar-refractivity contribution in [2.75, 3.05) is 32.0 Å². The first-order chi connectivity index (χ1) is 24.5. The second-order valence-corrected chi connectivity index (χ2v) is 13.2. The van der Waals surface area contributed by atoms with Crippen molar-refractivity contribution in [1.82, 2.24) is 25.9 Å². The Balaban J connectivity index is 1.87. The van der Waals surface area contributed by atoms with Gasteiger partial charge in [-0.15, -0.1) is 4.59 Å². The van der Waals surface area contributed by atoms with E-state index in [4.69, 9.17) is 14.2 Å². The van der Waals surface area contributed by atoms with Gasteiger partial charge in [-0.1, -0.05) is 27.7 Å². The highest BCUT2D eigenvalue weighted by Crippen LogP contribution is 2.47. The third-order valence-electron chi connectivity index (χ3n) is 7.93. The Bertz CT molecular complexity index is 1820. The fourth-order valence-electron chi connectivity index (χ4n) is 5.70. The van der Waals surface area contributed by atoms with E-state index >= 15 is 0 Å². The fraction of sp³-hybridized carbons (Fsp3) is 0.400. The van der Waals surface area contributed by atoms with Gasteiger partial charge in [0, 0.05) is 61.8 Å². The maximum Gasteiger partial charge on any atom is 0.393 e. The Morgan fingerprint density at radius 1 is 1.02 bits per heavy atom. The summed E-state index contributed by atoms with van der Waals surface area (Å²) >= 11 is 4.19. The number of thioether (sulfide) groups is 1. The van der Waals surface area contributed by atoms with Gasteiger partial charge in [0.25, 0.3) is 11.6 Å². The maximum atomic E-state index is 14.5. The molecule has 4 rings (SSSR count). The maximum absolute atomic E-state index is 14.5. The van der Waals surface area contributed by atoms with Gasteiger partial charge in [0.1, 0.15) is 12.6 Å². The lowest BCUT2D eigenvalue weighted by atomic mass is 9.99. The van der Waals surface area contributed by atoms with E-state index < -0.39 is 93.6 Å². The van der Waals surface area contributed by atoms with Gasteiger partial charge in [-0.3, -0.25) is 38.5 Å². The third kappa shape index (κ3) is 7.62. The lowest BCUT2D eigenvalue weighted by Gasteiger charge is -2.53. The van der Waals surface area contributed by atoms with Crippen LogP contribution in [0, 0.1) is 0 Å². The molecule has 4 atom stereocenters.